The first-order valence-corrected chi connectivity index (χ1v) is 11.5. The number of hydrogen-bond donors (Lipinski definition) is 1. The second-order valence-corrected chi connectivity index (χ2v) is 8.96. The van der Waals surface area contributed by atoms with E-state index >= 15 is 0 Å². The van der Waals surface area contributed by atoms with Gasteiger partial charge >= 0.3 is 0 Å². The number of nitrogens with one attached hydrogen (secondary N) is 1. The van der Waals surface area contributed by atoms with E-state index in [1.807, 2.05) is 23.1 Å². The number of carbonyl (C=O) groups excluding carboxylic acids is 2. The van der Waals surface area contributed by atoms with Crippen molar-refractivity contribution in [2.24, 2.45) is 5.92 Å². The zero-order chi connectivity index (χ0) is 20.1. The minimum atomic E-state index is -0.426. The van der Waals surface area contributed by atoms with E-state index in [0.29, 0.717) is 18.9 Å². The molecule has 0 radical (unpaired) electrons. The number of rotatable bonds is 5. The lowest BCUT2D eigenvalue weighted by atomic mass is 9.68. The number of benzene rings is 1. The third-order valence-corrected chi connectivity index (χ3v) is 7.17. The van der Waals surface area contributed by atoms with Gasteiger partial charge in [-0.25, -0.2) is 0 Å². The van der Waals surface area contributed by atoms with Crippen LogP contribution in [0.15, 0.2) is 42.1 Å². The minimum Gasteiger partial charge on any atom is -0.355 e. The van der Waals surface area contributed by atoms with Gasteiger partial charge in [-0.1, -0.05) is 55.7 Å². The Bertz CT molecular complexity index is 749. The van der Waals surface area contributed by atoms with Crippen molar-refractivity contribution in [3.63, 3.8) is 0 Å². The van der Waals surface area contributed by atoms with Crippen LogP contribution < -0.4 is 5.32 Å². The molecule has 1 N–H and O–H groups in total. The van der Waals surface area contributed by atoms with E-state index < -0.39 is 5.41 Å². The average Bonchev–Trinajstić information content (AvgIpc) is 2.79. The first kappa shape index (κ1) is 20.2. The highest BCUT2D eigenvalue weighted by Crippen LogP contribution is 2.40. The smallest absolute Gasteiger partial charge is 0.230 e. The summed E-state index contributed by atoms with van der Waals surface area (Å²) in [5.41, 5.74) is 1.95. The maximum absolute atomic E-state index is 13.3. The number of amides is 2. The van der Waals surface area contributed by atoms with Crippen LogP contribution in [-0.4, -0.2) is 29.8 Å². The van der Waals surface area contributed by atoms with E-state index in [9.17, 15) is 9.59 Å². The molecule has 1 aliphatic heterocycles. The molecular formula is C25H34N2O2. The molecule has 0 spiro atoms. The van der Waals surface area contributed by atoms with Gasteiger partial charge in [0.1, 0.15) is 0 Å². The zero-order valence-electron chi connectivity index (χ0n) is 17.5. The average molecular weight is 395 g/mol. The third kappa shape index (κ3) is 4.26. The molecule has 1 aromatic rings. The van der Waals surface area contributed by atoms with Crippen molar-refractivity contribution >= 4 is 11.8 Å². The van der Waals surface area contributed by atoms with Gasteiger partial charge in [0.15, 0.2) is 0 Å². The Kier molecular flexibility index (Phi) is 6.37. The summed E-state index contributed by atoms with van der Waals surface area (Å²) in [6, 6.07) is 10.2. The molecule has 2 fully saturated rings. The Morgan fingerprint density at radius 3 is 2.55 bits per heavy atom. The number of nitrogens with zero attached hydrogens (tertiary/aromatic N) is 1. The maximum Gasteiger partial charge on any atom is 0.230 e. The van der Waals surface area contributed by atoms with Gasteiger partial charge in [0.25, 0.3) is 0 Å². The fraction of sp³-hybridized carbons (Fsp3) is 0.600. The standard InChI is InChI=1S/C25H34N2O2/c28-23(27-19-9-11-20-10-5-6-14-22(20)27)15-18-26-24(29)25(16-7-2-8-17-25)21-12-3-1-4-13-21/h1,3-4,12-14,20H,2,5-11,15-19H2,(H,26,29). The third-order valence-electron chi connectivity index (χ3n) is 7.17. The van der Waals surface area contributed by atoms with Gasteiger partial charge in [-0.3, -0.25) is 9.59 Å². The molecule has 1 saturated carbocycles. The van der Waals surface area contributed by atoms with E-state index in [-0.39, 0.29) is 11.8 Å². The summed E-state index contributed by atoms with van der Waals surface area (Å²) in [5, 5.41) is 3.13. The number of allylic oxidation sites excluding steroid dienone is 2. The van der Waals surface area contributed by atoms with Crippen LogP contribution in [-0.2, 0) is 15.0 Å². The van der Waals surface area contributed by atoms with Crippen molar-refractivity contribution in [1.82, 2.24) is 10.2 Å². The van der Waals surface area contributed by atoms with Gasteiger partial charge in [0, 0.05) is 25.2 Å². The SMILES string of the molecule is O=C(CCNC(=O)C1(c2ccccc2)CCCCC1)N1CCCC2CCCC=C21. The molecule has 0 aromatic heterocycles. The lowest BCUT2D eigenvalue weighted by molar-refractivity contribution is -0.131. The van der Waals surface area contributed by atoms with Crippen LogP contribution in [0.25, 0.3) is 0 Å². The van der Waals surface area contributed by atoms with E-state index in [2.05, 4.69) is 23.5 Å². The Labute approximate surface area is 174 Å². The molecular weight excluding hydrogens is 360 g/mol. The first-order chi connectivity index (χ1) is 14.2. The highest BCUT2D eigenvalue weighted by Gasteiger charge is 2.41. The monoisotopic (exact) mass is 394 g/mol. The van der Waals surface area contributed by atoms with Gasteiger partial charge in [0.05, 0.1) is 5.41 Å². The molecule has 1 aromatic carbocycles. The second-order valence-electron chi connectivity index (χ2n) is 8.96. The van der Waals surface area contributed by atoms with Crippen LogP contribution in [0, 0.1) is 5.92 Å². The summed E-state index contributed by atoms with van der Waals surface area (Å²) in [6.07, 6.45) is 13.7. The molecule has 3 aliphatic rings. The normalized spacial score (nSPS) is 23.7. The molecule has 1 heterocycles. The quantitative estimate of drug-likeness (QED) is 0.787. The number of carbonyl (C=O) groups is 2. The lowest BCUT2D eigenvalue weighted by Crippen LogP contribution is -2.47. The highest BCUT2D eigenvalue weighted by atomic mass is 16.2. The number of piperidine rings is 1. The largest absolute Gasteiger partial charge is 0.355 e. The van der Waals surface area contributed by atoms with Crippen LogP contribution >= 0.6 is 0 Å². The second kappa shape index (κ2) is 9.15. The van der Waals surface area contributed by atoms with E-state index in [1.165, 1.54) is 31.4 Å². The molecule has 4 nitrogen and oxygen atoms in total. The van der Waals surface area contributed by atoms with Crippen LogP contribution in [0.4, 0.5) is 0 Å². The van der Waals surface area contributed by atoms with Crippen LogP contribution in [0.3, 0.4) is 0 Å². The molecule has 0 bridgehead atoms. The Morgan fingerprint density at radius 1 is 1.00 bits per heavy atom. The minimum absolute atomic E-state index is 0.101. The molecule has 156 valence electrons. The van der Waals surface area contributed by atoms with Gasteiger partial charge in [0.2, 0.25) is 11.8 Å². The predicted molar refractivity (Wildman–Crippen MR) is 115 cm³/mol. The first-order valence-electron chi connectivity index (χ1n) is 11.5. The topological polar surface area (TPSA) is 49.4 Å². The van der Waals surface area contributed by atoms with Crippen molar-refractivity contribution in [2.45, 2.75) is 76.0 Å². The van der Waals surface area contributed by atoms with Crippen LogP contribution in [0.1, 0.15) is 76.2 Å². The molecule has 29 heavy (non-hydrogen) atoms. The van der Waals surface area contributed by atoms with Crippen LogP contribution in [0.2, 0.25) is 0 Å². The summed E-state index contributed by atoms with van der Waals surface area (Å²) in [7, 11) is 0. The van der Waals surface area contributed by atoms with Crippen molar-refractivity contribution in [2.75, 3.05) is 13.1 Å². The van der Waals surface area contributed by atoms with Crippen molar-refractivity contribution in [3.8, 4) is 0 Å². The van der Waals surface area contributed by atoms with Gasteiger partial charge in [-0.15, -0.1) is 0 Å². The molecule has 1 unspecified atom stereocenters. The Balaban J connectivity index is 1.37. The molecule has 1 atom stereocenters. The van der Waals surface area contributed by atoms with Crippen molar-refractivity contribution < 1.29 is 9.59 Å². The predicted octanol–water partition coefficient (Wildman–Crippen LogP) is 4.70. The van der Waals surface area contributed by atoms with E-state index in [4.69, 9.17) is 0 Å². The fourth-order valence-corrected chi connectivity index (χ4v) is 5.59. The Hall–Kier alpha value is -2.10. The number of fused-ring (bicyclic) bond motifs is 1. The molecule has 1 saturated heterocycles. The van der Waals surface area contributed by atoms with Gasteiger partial charge in [-0.2, -0.15) is 0 Å². The summed E-state index contributed by atoms with van der Waals surface area (Å²) in [4.78, 5) is 28.2. The fourth-order valence-electron chi connectivity index (χ4n) is 5.59. The Morgan fingerprint density at radius 2 is 1.76 bits per heavy atom. The van der Waals surface area contributed by atoms with Crippen molar-refractivity contribution in [3.05, 3.63) is 47.7 Å². The van der Waals surface area contributed by atoms with E-state index in [0.717, 1.165) is 50.6 Å². The lowest BCUT2D eigenvalue weighted by Gasteiger charge is -2.38. The summed E-state index contributed by atoms with van der Waals surface area (Å²) < 4.78 is 0. The maximum atomic E-state index is 13.3. The summed E-state index contributed by atoms with van der Waals surface area (Å²) in [5.74, 6) is 0.838. The van der Waals surface area contributed by atoms with Gasteiger partial charge < -0.3 is 10.2 Å². The summed E-state index contributed by atoms with van der Waals surface area (Å²) in [6.45, 7) is 1.27. The molecule has 4 rings (SSSR count). The molecule has 2 aliphatic carbocycles. The number of likely N-dealkylation sites (tertiary alicyclic amines) is 1. The molecule has 4 heteroatoms. The zero-order valence-corrected chi connectivity index (χ0v) is 17.5. The molecule has 2 amide bonds. The highest BCUT2D eigenvalue weighted by molar-refractivity contribution is 5.89. The van der Waals surface area contributed by atoms with Crippen molar-refractivity contribution in [1.29, 1.82) is 0 Å². The van der Waals surface area contributed by atoms with Gasteiger partial charge in [-0.05, 0) is 56.4 Å². The van der Waals surface area contributed by atoms with Crippen LogP contribution in [0.5, 0.6) is 0 Å². The van der Waals surface area contributed by atoms with E-state index in [1.54, 1.807) is 0 Å². The number of hydrogen-bond acceptors (Lipinski definition) is 2. The summed E-state index contributed by atoms with van der Waals surface area (Å²) >= 11 is 0.